The summed E-state index contributed by atoms with van der Waals surface area (Å²) in [4.78, 5) is 32.0. The minimum atomic E-state index is -0.162. The van der Waals surface area contributed by atoms with Crippen LogP contribution in [0.1, 0.15) is 45.6 Å². The third kappa shape index (κ3) is 4.89. The van der Waals surface area contributed by atoms with E-state index in [0.717, 1.165) is 17.7 Å². The Morgan fingerprint density at radius 1 is 1.12 bits per heavy atom. The van der Waals surface area contributed by atoms with Gasteiger partial charge in [0.25, 0.3) is 5.91 Å². The molecule has 2 amide bonds. The highest BCUT2D eigenvalue weighted by Gasteiger charge is 2.34. The SMILES string of the molecule is Cc1ccc(OC[C@H]2c3ccsc3CCN2C(=O)CN(C(=O)c2cccs2)C(C)C)cc1. The van der Waals surface area contributed by atoms with Gasteiger partial charge in [-0.1, -0.05) is 23.8 Å². The largest absolute Gasteiger partial charge is 0.491 e. The van der Waals surface area contributed by atoms with Gasteiger partial charge in [0.1, 0.15) is 18.9 Å². The Kier molecular flexibility index (Phi) is 6.96. The van der Waals surface area contributed by atoms with Crippen molar-refractivity contribution < 1.29 is 14.3 Å². The van der Waals surface area contributed by atoms with E-state index in [-0.39, 0.29) is 30.4 Å². The number of aryl methyl sites for hydroxylation is 1. The topological polar surface area (TPSA) is 49.9 Å². The second-order valence-electron chi connectivity index (χ2n) is 8.28. The molecule has 5 nitrogen and oxygen atoms in total. The Bertz CT molecular complexity index is 1060. The van der Waals surface area contributed by atoms with Crippen LogP contribution < -0.4 is 4.74 Å². The smallest absolute Gasteiger partial charge is 0.264 e. The van der Waals surface area contributed by atoms with Crippen LogP contribution in [-0.4, -0.2) is 47.4 Å². The number of hydrogen-bond acceptors (Lipinski definition) is 5. The molecule has 1 aromatic carbocycles. The third-order valence-electron chi connectivity index (χ3n) is 5.77. The van der Waals surface area contributed by atoms with Gasteiger partial charge in [-0.15, -0.1) is 22.7 Å². The fraction of sp³-hybridized carbons (Fsp3) is 0.360. The molecule has 32 heavy (non-hydrogen) atoms. The van der Waals surface area contributed by atoms with E-state index in [1.165, 1.54) is 21.8 Å². The van der Waals surface area contributed by atoms with Crippen molar-refractivity contribution in [2.75, 3.05) is 19.7 Å². The molecular formula is C25H28N2O3S2. The number of carbonyl (C=O) groups is 2. The molecule has 0 fully saturated rings. The van der Waals surface area contributed by atoms with Crippen LogP contribution in [0.5, 0.6) is 5.75 Å². The van der Waals surface area contributed by atoms with Crippen molar-refractivity contribution in [1.29, 1.82) is 0 Å². The fourth-order valence-electron chi connectivity index (χ4n) is 3.95. The minimum Gasteiger partial charge on any atom is -0.491 e. The Labute approximate surface area is 197 Å². The second kappa shape index (κ2) is 9.88. The maximum absolute atomic E-state index is 13.5. The zero-order valence-corrected chi connectivity index (χ0v) is 20.2. The maximum atomic E-state index is 13.5. The number of nitrogens with zero attached hydrogens (tertiary/aromatic N) is 2. The lowest BCUT2D eigenvalue weighted by molar-refractivity contribution is -0.136. The van der Waals surface area contributed by atoms with Crippen molar-refractivity contribution in [3.05, 3.63) is 74.1 Å². The summed E-state index contributed by atoms with van der Waals surface area (Å²) in [6.07, 6.45) is 0.834. The number of ether oxygens (including phenoxy) is 1. The summed E-state index contributed by atoms with van der Waals surface area (Å²) in [5.74, 6) is 0.657. The lowest BCUT2D eigenvalue weighted by Crippen LogP contribution is -2.49. The Morgan fingerprint density at radius 3 is 2.59 bits per heavy atom. The highest BCUT2D eigenvalue weighted by molar-refractivity contribution is 7.12. The standard InChI is InChI=1S/C25H28N2O3S2/c1-17(2)27(25(29)23-5-4-13-31-23)15-24(28)26-12-10-22-20(11-14-32-22)21(26)16-30-19-8-6-18(3)7-9-19/h4-9,11,13-14,17,21H,10,12,15-16H2,1-3H3/t21-/m0/s1. The lowest BCUT2D eigenvalue weighted by atomic mass is 10.00. The molecule has 0 saturated carbocycles. The molecule has 0 bridgehead atoms. The van der Waals surface area contributed by atoms with E-state index >= 15 is 0 Å². The highest BCUT2D eigenvalue weighted by atomic mass is 32.1. The summed E-state index contributed by atoms with van der Waals surface area (Å²) in [6, 6.07) is 13.5. The van der Waals surface area contributed by atoms with Crippen LogP contribution in [0.2, 0.25) is 0 Å². The molecule has 4 rings (SSSR count). The molecule has 0 spiro atoms. The average Bonchev–Trinajstić information content (AvgIpc) is 3.48. The number of thiophene rings is 2. The molecule has 0 unspecified atom stereocenters. The molecular weight excluding hydrogens is 440 g/mol. The van der Waals surface area contributed by atoms with Gasteiger partial charge in [0.05, 0.1) is 10.9 Å². The predicted octanol–water partition coefficient (Wildman–Crippen LogP) is 5.17. The summed E-state index contributed by atoms with van der Waals surface area (Å²) in [6.45, 7) is 7.02. The van der Waals surface area contributed by atoms with Crippen molar-refractivity contribution in [3.63, 3.8) is 0 Å². The molecule has 0 saturated heterocycles. The van der Waals surface area contributed by atoms with Crippen molar-refractivity contribution >= 4 is 34.5 Å². The number of amides is 2. The van der Waals surface area contributed by atoms with Crippen molar-refractivity contribution in [3.8, 4) is 5.75 Å². The van der Waals surface area contributed by atoms with Gasteiger partial charge in [-0.2, -0.15) is 0 Å². The van der Waals surface area contributed by atoms with E-state index in [1.807, 2.05) is 67.4 Å². The fourth-order valence-corrected chi connectivity index (χ4v) is 5.56. The van der Waals surface area contributed by atoms with Crippen LogP contribution in [0, 0.1) is 6.92 Å². The molecule has 1 atom stereocenters. The molecule has 0 aliphatic carbocycles. The zero-order valence-electron chi connectivity index (χ0n) is 18.6. The van der Waals surface area contributed by atoms with E-state index in [9.17, 15) is 9.59 Å². The first-order chi connectivity index (χ1) is 15.4. The third-order valence-corrected chi connectivity index (χ3v) is 7.62. The monoisotopic (exact) mass is 468 g/mol. The first-order valence-corrected chi connectivity index (χ1v) is 12.6. The molecule has 3 heterocycles. The second-order valence-corrected chi connectivity index (χ2v) is 10.2. The van der Waals surface area contributed by atoms with Crippen LogP contribution in [0.4, 0.5) is 0 Å². The average molecular weight is 469 g/mol. The quantitative estimate of drug-likeness (QED) is 0.480. The Balaban J connectivity index is 1.52. The Hall–Kier alpha value is -2.64. The van der Waals surface area contributed by atoms with E-state index < -0.39 is 0 Å². The summed E-state index contributed by atoms with van der Waals surface area (Å²) < 4.78 is 6.10. The van der Waals surface area contributed by atoms with Gasteiger partial charge in [0, 0.05) is 17.5 Å². The normalized spacial score (nSPS) is 15.5. The first kappa shape index (κ1) is 22.6. The van der Waals surface area contributed by atoms with E-state index in [1.54, 1.807) is 16.2 Å². The molecule has 0 radical (unpaired) electrons. The predicted molar refractivity (Wildman–Crippen MR) is 130 cm³/mol. The van der Waals surface area contributed by atoms with Crippen LogP contribution >= 0.6 is 22.7 Å². The van der Waals surface area contributed by atoms with Gasteiger partial charge in [-0.25, -0.2) is 0 Å². The van der Waals surface area contributed by atoms with Crippen molar-refractivity contribution in [2.45, 2.75) is 39.3 Å². The molecule has 0 N–H and O–H groups in total. The number of hydrogen-bond donors (Lipinski definition) is 0. The summed E-state index contributed by atoms with van der Waals surface area (Å²) in [7, 11) is 0. The minimum absolute atomic E-state index is 0.0436. The number of benzene rings is 1. The maximum Gasteiger partial charge on any atom is 0.264 e. The molecule has 2 aromatic heterocycles. The van der Waals surface area contributed by atoms with Gasteiger partial charge >= 0.3 is 0 Å². The van der Waals surface area contributed by atoms with Crippen LogP contribution in [0.3, 0.4) is 0 Å². The highest BCUT2D eigenvalue weighted by Crippen LogP contribution is 2.34. The van der Waals surface area contributed by atoms with Crippen molar-refractivity contribution in [1.82, 2.24) is 9.80 Å². The van der Waals surface area contributed by atoms with Gasteiger partial charge < -0.3 is 14.5 Å². The first-order valence-electron chi connectivity index (χ1n) is 10.8. The lowest BCUT2D eigenvalue weighted by Gasteiger charge is -2.37. The Morgan fingerprint density at radius 2 is 1.91 bits per heavy atom. The molecule has 3 aromatic rings. The molecule has 7 heteroatoms. The van der Waals surface area contributed by atoms with E-state index in [0.29, 0.717) is 18.0 Å². The van der Waals surface area contributed by atoms with E-state index in [4.69, 9.17) is 4.74 Å². The van der Waals surface area contributed by atoms with Gasteiger partial charge in [0.2, 0.25) is 5.91 Å². The molecule has 1 aliphatic rings. The van der Waals surface area contributed by atoms with E-state index in [2.05, 4.69) is 11.4 Å². The van der Waals surface area contributed by atoms with Crippen molar-refractivity contribution in [2.24, 2.45) is 0 Å². The number of rotatable bonds is 7. The number of fused-ring (bicyclic) bond motifs is 1. The van der Waals surface area contributed by atoms with Crippen LogP contribution in [-0.2, 0) is 11.2 Å². The molecule has 1 aliphatic heterocycles. The van der Waals surface area contributed by atoms with Crippen LogP contribution in [0.15, 0.2) is 53.2 Å². The number of carbonyl (C=O) groups excluding carboxylic acids is 2. The molecule has 168 valence electrons. The van der Waals surface area contributed by atoms with Gasteiger partial charge in [-0.3, -0.25) is 9.59 Å². The summed E-state index contributed by atoms with van der Waals surface area (Å²) >= 11 is 3.14. The van der Waals surface area contributed by atoms with Crippen LogP contribution in [0.25, 0.3) is 0 Å². The zero-order chi connectivity index (χ0) is 22.7. The van der Waals surface area contributed by atoms with Gasteiger partial charge in [0.15, 0.2) is 0 Å². The summed E-state index contributed by atoms with van der Waals surface area (Å²) in [5, 5.41) is 3.97. The summed E-state index contributed by atoms with van der Waals surface area (Å²) in [5.41, 5.74) is 2.33. The van der Waals surface area contributed by atoms with Gasteiger partial charge in [-0.05, 0) is 67.8 Å².